The minimum absolute atomic E-state index is 0.0861. The number of para-hydroxylation sites is 1. The van der Waals surface area contributed by atoms with Crippen molar-refractivity contribution in [2.45, 2.75) is 0 Å². The summed E-state index contributed by atoms with van der Waals surface area (Å²) in [5, 5.41) is 16.5. The summed E-state index contributed by atoms with van der Waals surface area (Å²) in [6.07, 6.45) is 0. The molecule has 0 aliphatic carbocycles. The molecule has 0 aliphatic heterocycles. The van der Waals surface area contributed by atoms with Crippen LogP contribution in [0.25, 0.3) is 0 Å². The highest BCUT2D eigenvalue weighted by atomic mass is 32.2. The van der Waals surface area contributed by atoms with E-state index in [0.717, 1.165) is 12.0 Å². The number of benzene rings is 1. The summed E-state index contributed by atoms with van der Waals surface area (Å²) in [5.74, 6) is 1.83. The van der Waals surface area contributed by atoms with Crippen LogP contribution in [0.4, 0.5) is 0 Å². The first-order valence-electron chi connectivity index (χ1n) is 6.11. The van der Waals surface area contributed by atoms with Crippen LogP contribution in [-0.2, 0) is 18.0 Å². The molecule has 1 rings (SSSR count). The molecule has 0 saturated heterocycles. The fraction of sp³-hybridized carbons (Fsp3) is 0.462. The highest BCUT2D eigenvalue weighted by Crippen LogP contribution is 2.12. The maximum atomic E-state index is 8.95. The summed E-state index contributed by atoms with van der Waals surface area (Å²) in [6, 6.07) is 9.19. The van der Waals surface area contributed by atoms with E-state index in [1.54, 1.807) is 19.2 Å². The highest BCUT2D eigenvalue weighted by molar-refractivity contribution is 7.94. The highest BCUT2D eigenvalue weighted by Gasteiger charge is 1.92. The number of aliphatic hydroxyl groups is 2. The summed E-state index contributed by atoms with van der Waals surface area (Å²) in [5.41, 5.74) is 0. The standard InChI is InChI=1S/C8H10O3S.C3H8O2S.C2H4O2/c9-6-7-12-11-10-8-4-2-1-3-5-8;1-5-6-3-2-4;1-4-2-3/h1-5,9H,6-7H2;4H,2-3H2,1H3;2H,1H3. The molecule has 128 valence electrons. The maximum Gasteiger partial charge on any atom is 0.292 e. The average Bonchev–Trinajstić information content (AvgIpc) is 2.58. The third-order valence-electron chi connectivity index (χ3n) is 1.48. The predicted molar refractivity (Wildman–Crippen MR) is 87.3 cm³/mol. The molecule has 0 fully saturated rings. The molecule has 0 unspecified atom stereocenters. The topological polar surface area (TPSA) is 94.5 Å². The zero-order valence-electron chi connectivity index (χ0n) is 12.5. The fourth-order valence-corrected chi connectivity index (χ4v) is 1.24. The van der Waals surface area contributed by atoms with Gasteiger partial charge in [-0.15, -0.1) is 4.33 Å². The lowest BCUT2D eigenvalue weighted by Gasteiger charge is -2.00. The van der Waals surface area contributed by atoms with Crippen molar-refractivity contribution in [3.8, 4) is 5.75 Å². The van der Waals surface area contributed by atoms with E-state index in [-0.39, 0.29) is 13.2 Å². The van der Waals surface area contributed by atoms with Crippen LogP contribution in [0.5, 0.6) is 5.75 Å². The van der Waals surface area contributed by atoms with Crippen molar-refractivity contribution in [3.63, 3.8) is 0 Å². The number of ether oxygens (including phenoxy) is 1. The van der Waals surface area contributed by atoms with Crippen molar-refractivity contribution in [1.29, 1.82) is 0 Å². The molecule has 0 bridgehead atoms. The quantitative estimate of drug-likeness (QED) is 0.226. The molecule has 0 aliphatic rings. The fourth-order valence-electron chi connectivity index (χ4n) is 0.731. The second-order valence-corrected chi connectivity index (χ2v) is 4.81. The first-order valence-corrected chi connectivity index (χ1v) is 7.93. The van der Waals surface area contributed by atoms with E-state index in [4.69, 9.17) is 24.2 Å². The van der Waals surface area contributed by atoms with Gasteiger partial charge in [-0.05, 0) is 24.2 Å². The molecule has 9 heteroatoms. The van der Waals surface area contributed by atoms with Crippen LogP contribution in [0, 0.1) is 0 Å². The SMILES string of the molecule is COC=O.COSCCO.OCCSOOc1ccccc1. The van der Waals surface area contributed by atoms with Crippen molar-refractivity contribution in [1.82, 2.24) is 0 Å². The summed E-state index contributed by atoms with van der Waals surface area (Å²) in [4.78, 5) is 13.8. The Kier molecular flexibility index (Phi) is 23.6. The number of hydrogen-bond donors (Lipinski definition) is 2. The molecule has 0 saturated carbocycles. The van der Waals surface area contributed by atoms with Crippen molar-refractivity contribution in [2.75, 3.05) is 38.9 Å². The lowest BCUT2D eigenvalue weighted by molar-refractivity contribution is -0.126. The number of carbonyl (C=O) groups excluding carboxylic acids is 1. The average molecular weight is 354 g/mol. The van der Waals surface area contributed by atoms with Gasteiger partial charge in [-0.1, -0.05) is 18.2 Å². The van der Waals surface area contributed by atoms with Crippen LogP contribution in [0.2, 0.25) is 0 Å². The lowest BCUT2D eigenvalue weighted by atomic mass is 10.3. The Morgan fingerprint density at radius 3 is 2.00 bits per heavy atom. The summed E-state index contributed by atoms with van der Waals surface area (Å²) in [6.45, 7) is 0.654. The Balaban J connectivity index is 0. The smallest absolute Gasteiger partial charge is 0.292 e. The minimum Gasteiger partial charge on any atom is -0.471 e. The molecule has 0 aromatic heterocycles. The van der Waals surface area contributed by atoms with E-state index in [1.165, 1.54) is 19.2 Å². The molecule has 0 radical (unpaired) electrons. The number of aliphatic hydroxyl groups excluding tert-OH is 2. The van der Waals surface area contributed by atoms with Gasteiger partial charge in [0.15, 0.2) is 5.75 Å². The first kappa shape index (κ1) is 23.3. The molecule has 0 amide bonds. The Bertz CT molecular complexity index is 311. The van der Waals surface area contributed by atoms with E-state index >= 15 is 0 Å². The number of methoxy groups -OCH3 is 1. The maximum absolute atomic E-state index is 8.95. The van der Waals surface area contributed by atoms with E-state index in [9.17, 15) is 0 Å². The van der Waals surface area contributed by atoms with Crippen LogP contribution < -0.4 is 4.89 Å². The Hall–Kier alpha value is -0.970. The monoisotopic (exact) mass is 354 g/mol. The lowest BCUT2D eigenvalue weighted by Crippen LogP contribution is -1.92. The Morgan fingerprint density at radius 2 is 1.59 bits per heavy atom. The van der Waals surface area contributed by atoms with Crippen LogP contribution in [0.3, 0.4) is 0 Å². The molecular formula is C13H22O7S2. The van der Waals surface area contributed by atoms with Crippen molar-refractivity contribution in [2.24, 2.45) is 0 Å². The normalized spacial score (nSPS) is 8.73. The molecule has 22 heavy (non-hydrogen) atoms. The number of carbonyl (C=O) groups is 1. The molecule has 1 aromatic carbocycles. The van der Waals surface area contributed by atoms with Crippen LogP contribution in [-0.4, -0.2) is 55.6 Å². The number of rotatable bonds is 9. The molecule has 1 aromatic rings. The van der Waals surface area contributed by atoms with E-state index in [1.807, 2.05) is 18.2 Å². The van der Waals surface area contributed by atoms with Gasteiger partial charge in [-0.25, -0.2) is 0 Å². The van der Waals surface area contributed by atoms with Gasteiger partial charge < -0.3 is 24.0 Å². The van der Waals surface area contributed by atoms with Gasteiger partial charge in [-0.2, -0.15) is 0 Å². The first-order chi connectivity index (χ1) is 10.8. The summed E-state index contributed by atoms with van der Waals surface area (Å²) in [7, 11) is 2.90. The third kappa shape index (κ3) is 21.3. The second-order valence-electron chi connectivity index (χ2n) is 3.05. The summed E-state index contributed by atoms with van der Waals surface area (Å²) < 4.78 is 13.1. The minimum atomic E-state index is 0.0861. The molecule has 0 heterocycles. The zero-order chi connectivity index (χ0) is 16.9. The third-order valence-corrected chi connectivity index (χ3v) is 2.58. The molecule has 7 nitrogen and oxygen atoms in total. The van der Waals surface area contributed by atoms with Gasteiger partial charge in [0, 0.05) is 23.5 Å². The van der Waals surface area contributed by atoms with E-state index < -0.39 is 0 Å². The van der Waals surface area contributed by atoms with Crippen LogP contribution in [0.15, 0.2) is 30.3 Å². The van der Waals surface area contributed by atoms with Gasteiger partial charge >= 0.3 is 0 Å². The van der Waals surface area contributed by atoms with Gasteiger partial charge in [-0.3, -0.25) is 4.79 Å². The van der Waals surface area contributed by atoms with E-state index in [2.05, 4.69) is 8.92 Å². The molecular weight excluding hydrogens is 332 g/mol. The van der Waals surface area contributed by atoms with Gasteiger partial charge in [0.25, 0.3) is 6.47 Å². The zero-order valence-corrected chi connectivity index (χ0v) is 14.2. The van der Waals surface area contributed by atoms with Crippen molar-refractivity contribution in [3.05, 3.63) is 30.3 Å². The number of hydrogen-bond acceptors (Lipinski definition) is 9. The Morgan fingerprint density at radius 1 is 1.05 bits per heavy atom. The van der Waals surface area contributed by atoms with Gasteiger partial charge in [0.05, 0.1) is 27.4 Å². The summed E-state index contributed by atoms with van der Waals surface area (Å²) >= 11 is 2.33. The second kappa shape index (κ2) is 22.3. The van der Waals surface area contributed by atoms with E-state index in [0.29, 0.717) is 23.7 Å². The van der Waals surface area contributed by atoms with Crippen LogP contribution in [0.1, 0.15) is 0 Å². The van der Waals surface area contributed by atoms with Crippen molar-refractivity contribution < 1.29 is 33.1 Å². The van der Waals surface area contributed by atoms with Gasteiger partial charge in [0.2, 0.25) is 0 Å². The predicted octanol–water partition coefficient (Wildman–Crippen LogP) is 1.70. The Labute approximate surface area is 139 Å². The molecule has 2 N–H and O–H groups in total. The van der Waals surface area contributed by atoms with Gasteiger partial charge in [0.1, 0.15) is 0 Å². The van der Waals surface area contributed by atoms with Crippen LogP contribution >= 0.6 is 24.1 Å². The molecule has 0 atom stereocenters. The molecule has 0 spiro atoms. The van der Waals surface area contributed by atoms with Crippen molar-refractivity contribution >= 4 is 30.6 Å². The largest absolute Gasteiger partial charge is 0.471 e.